The number of unbranched alkanes of at least 4 members (excludes halogenated alkanes) is 1. The van der Waals surface area contributed by atoms with Crippen LogP contribution in [0.15, 0.2) is 12.7 Å². The SMILES string of the molecule is C=CCCC[C@H]1CO1. The Morgan fingerprint density at radius 2 is 2.50 bits per heavy atom. The fourth-order valence-corrected chi connectivity index (χ4v) is 0.725. The van der Waals surface area contributed by atoms with E-state index in [-0.39, 0.29) is 0 Å². The van der Waals surface area contributed by atoms with Crippen molar-refractivity contribution < 1.29 is 4.74 Å². The second kappa shape index (κ2) is 2.88. The lowest BCUT2D eigenvalue weighted by Crippen LogP contribution is -1.82. The molecule has 0 N–H and O–H groups in total. The van der Waals surface area contributed by atoms with Crippen molar-refractivity contribution in [3.8, 4) is 0 Å². The van der Waals surface area contributed by atoms with Crippen molar-refractivity contribution in [3.05, 3.63) is 12.7 Å². The first kappa shape index (κ1) is 5.83. The topological polar surface area (TPSA) is 12.5 Å². The molecule has 8 heavy (non-hydrogen) atoms. The normalized spacial score (nSPS) is 25.2. The highest BCUT2D eigenvalue weighted by atomic mass is 16.6. The molecule has 1 saturated heterocycles. The van der Waals surface area contributed by atoms with Gasteiger partial charge in [0.05, 0.1) is 12.7 Å². The zero-order valence-corrected chi connectivity index (χ0v) is 5.10. The van der Waals surface area contributed by atoms with Gasteiger partial charge in [-0.25, -0.2) is 0 Å². The summed E-state index contributed by atoms with van der Waals surface area (Å²) in [6.45, 7) is 4.63. The Bertz CT molecular complexity index is 74.5. The fourth-order valence-electron chi connectivity index (χ4n) is 0.725. The summed E-state index contributed by atoms with van der Waals surface area (Å²) in [5, 5.41) is 0. The predicted octanol–water partition coefficient (Wildman–Crippen LogP) is 1.74. The van der Waals surface area contributed by atoms with Crippen molar-refractivity contribution in [3.63, 3.8) is 0 Å². The zero-order valence-electron chi connectivity index (χ0n) is 5.10. The summed E-state index contributed by atoms with van der Waals surface area (Å²) < 4.78 is 5.02. The molecular formula is C7H12O. The van der Waals surface area contributed by atoms with Gasteiger partial charge in [0, 0.05) is 0 Å². The molecular weight excluding hydrogens is 100 g/mol. The molecule has 0 bridgehead atoms. The Hall–Kier alpha value is -0.300. The van der Waals surface area contributed by atoms with E-state index >= 15 is 0 Å². The standard InChI is InChI=1S/C7H12O/c1-2-3-4-5-7-6-8-7/h2,7H,1,3-6H2/t7-/m0/s1. The molecule has 0 unspecified atom stereocenters. The van der Waals surface area contributed by atoms with E-state index in [0.717, 1.165) is 13.0 Å². The first-order valence-electron chi connectivity index (χ1n) is 3.16. The Balaban J connectivity index is 1.80. The van der Waals surface area contributed by atoms with E-state index in [0.29, 0.717) is 6.10 Å². The van der Waals surface area contributed by atoms with Gasteiger partial charge in [-0.1, -0.05) is 6.08 Å². The van der Waals surface area contributed by atoms with E-state index < -0.39 is 0 Å². The largest absolute Gasteiger partial charge is 0.373 e. The monoisotopic (exact) mass is 112 g/mol. The van der Waals surface area contributed by atoms with Crippen molar-refractivity contribution >= 4 is 0 Å². The minimum atomic E-state index is 0.606. The molecule has 1 heterocycles. The highest BCUT2D eigenvalue weighted by Crippen LogP contribution is 2.16. The summed E-state index contributed by atoms with van der Waals surface area (Å²) in [6, 6.07) is 0. The Labute approximate surface area is 50.3 Å². The van der Waals surface area contributed by atoms with Crippen LogP contribution in [0.1, 0.15) is 19.3 Å². The summed E-state index contributed by atoms with van der Waals surface area (Å²) in [5.74, 6) is 0. The zero-order chi connectivity index (χ0) is 5.82. The second-order valence-electron chi connectivity index (χ2n) is 2.17. The summed E-state index contributed by atoms with van der Waals surface area (Å²) in [4.78, 5) is 0. The fraction of sp³-hybridized carbons (Fsp3) is 0.714. The first-order chi connectivity index (χ1) is 3.93. The molecule has 0 amide bonds. The van der Waals surface area contributed by atoms with Crippen molar-refractivity contribution in [1.29, 1.82) is 0 Å². The molecule has 0 aromatic heterocycles. The van der Waals surface area contributed by atoms with Crippen LogP contribution >= 0.6 is 0 Å². The summed E-state index contributed by atoms with van der Waals surface area (Å²) in [6.07, 6.45) is 6.18. The quantitative estimate of drug-likeness (QED) is 0.306. The molecule has 1 aliphatic rings. The van der Waals surface area contributed by atoms with Crippen molar-refractivity contribution in [2.75, 3.05) is 6.61 Å². The molecule has 1 atom stereocenters. The van der Waals surface area contributed by atoms with Crippen LogP contribution in [0.2, 0.25) is 0 Å². The van der Waals surface area contributed by atoms with E-state index in [1.807, 2.05) is 6.08 Å². The maximum atomic E-state index is 5.02. The van der Waals surface area contributed by atoms with Crippen LogP contribution in [-0.4, -0.2) is 12.7 Å². The first-order valence-corrected chi connectivity index (χ1v) is 3.16. The van der Waals surface area contributed by atoms with Gasteiger partial charge in [0.2, 0.25) is 0 Å². The number of epoxide rings is 1. The Kier molecular flexibility index (Phi) is 2.10. The van der Waals surface area contributed by atoms with Crippen LogP contribution in [-0.2, 0) is 4.74 Å². The van der Waals surface area contributed by atoms with Gasteiger partial charge in [-0.3, -0.25) is 0 Å². The maximum Gasteiger partial charge on any atom is 0.0810 e. The molecule has 0 radical (unpaired) electrons. The number of rotatable bonds is 4. The number of hydrogen-bond donors (Lipinski definition) is 0. The summed E-state index contributed by atoms with van der Waals surface area (Å²) in [5.41, 5.74) is 0. The van der Waals surface area contributed by atoms with E-state index in [4.69, 9.17) is 4.74 Å². The minimum Gasteiger partial charge on any atom is -0.373 e. The average Bonchev–Trinajstić information content (AvgIpc) is 2.51. The molecule has 0 saturated carbocycles. The van der Waals surface area contributed by atoms with Crippen LogP contribution in [0.25, 0.3) is 0 Å². The molecule has 1 aliphatic heterocycles. The smallest absolute Gasteiger partial charge is 0.0810 e. The van der Waals surface area contributed by atoms with Crippen LogP contribution in [0.5, 0.6) is 0 Å². The molecule has 0 aliphatic carbocycles. The molecule has 1 nitrogen and oxygen atoms in total. The number of hydrogen-bond acceptors (Lipinski definition) is 1. The van der Waals surface area contributed by atoms with Gasteiger partial charge in [0.25, 0.3) is 0 Å². The van der Waals surface area contributed by atoms with Crippen LogP contribution in [0.3, 0.4) is 0 Å². The predicted molar refractivity (Wildman–Crippen MR) is 33.8 cm³/mol. The Morgan fingerprint density at radius 1 is 1.75 bits per heavy atom. The molecule has 0 aromatic rings. The van der Waals surface area contributed by atoms with Gasteiger partial charge < -0.3 is 4.74 Å². The molecule has 1 heteroatoms. The van der Waals surface area contributed by atoms with E-state index in [9.17, 15) is 0 Å². The number of ether oxygens (including phenoxy) is 1. The van der Waals surface area contributed by atoms with Gasteiger partial charge in [-0.05, 0) is 19.3 Å². The minimum absolute atomic E-state index is 0.606. The van der Waals surface area contributed by atoms with Crippen LogP contribution in [0.4, 0.5) is 0 Å². The van der Waals surface area contributed by atoms with Crippen molar-refractivity contribution in [2.24, 2.45) is 0 Å². The summed E-state index contributed by atoms with van der Waals surface area (Å²) in [7, 11) is 0. The Morgan fingerprint density at radius 3 is 3.00 bits per heavy atom. The third-order valence-electron chi connectivity index (χ3n) is 1.34. The highest BCUT2D eigenvalue weighted by Gasteiger charge is 2.20. The van der Waals surface area contributed by atoms with Gasteiger partial charge >= 0.3 is 0 Å². The highest BCUT2D eigenvalue weighted by molar-refractivity contribution is 4.72. The lowest BCUT2D eigenvalue weighted by Gasteiger charge is -1.88. The van der Waals surface area contributed by atoms with Gasteiger partial charge in [0.15, 0.2) is 0 Å². The lowest BCUT2D eigenvalue weighted by molar-refractivity contribution is 0.392. The molecule has 1 fully saturated rings. The molecule has 1 rings (SSSR count). The van der Waals surface area contributed by atoms with E-state index in [2.05, 4.69) is 6.58 Å². The van der Waals surface area contributed by atoms with Crippen molar-refractivity contribution in [2.45, 2.75) is 25.4 Å². The van der Waals surface area contributed by atoms with E-state index in [1.165, 1.54) is 12.8 Å². The molecule has 0 aromatic carbocycles. The van der Waals surface area contributed by atoms with Crippen LogP contribution < -0.4 is 0 Å². The van der Waals surface area contributed by atoms with Crippen molar-refractivity contribution in [1.82, 2.24) is 0 Å². The number of allylic oxidation sites excluding steroid dienone is 1. The summed E-state index contributed by atoms with van der Waals surface area (Å²) >= 11 is 0. The second-order valence-corrected chi connectivity index (χ2v) is 2.17. The van der Waals surface area contributed by atoms with Crippen LogP contribution in [0, 0.1) is 0 Å². The van der Waals surface area contributed by atoms with Gasteiger partial charge in [0.1, 0.15) is 0 Å². The van der Waals surface area contributed by atoms with Gasteiger partial charge in [-0.15, -0.1) is 6.58 Å². The van der Waals surface area contributed by atoms with Gasteiger partial charge in [-0.2, -0.15) is 0 Å². The van der Waals surface area contributed by atoms with E-state index in [1.54, 1.807) is 0 Å². The lowest BCUT2D eigenvalue weighted by atomic mass is 10.2. The maximum absolute atomic E-state index is 5.02. The average molecular weight is 112 g/mol. The third kappa shape index (κ3) is 2.12. The molecule has 46 valence electrons. The molecule has 0 spiro atoms. The third-order valence-corrected chi connectivity index (χ3v) is 1.34.